The average molecular weight is 277 g/mol. The molecule has 0 saturated heterocycles. The number of hydrogen-bond donors (Lipinski definition) is 0. The first kappa shape index (κ1) is 12.1. The van der Waals surface area contributed by atoms with Crippen molar-refractivity contribution in [3.8, 4) is 17.1 Å². The van der Waals surface area contributed by atoms with Crippen LogP contribution in [0.25, 0.3) is 27.8 Å². The van der Waals surface area contributed by atoms with Gasteiger partial charge < -0.3 is 13.6 Å². The lowest BCUT2D eigenvalue weighted by atomic mass is 10.1. The Kier molecular flexibility index (Phi) is 2.54. The molecule has 3 heterocycles. The number of hydrogen-bond acceptors (Lipinski definition) is 2. The van der Waals surface area contributed by atoms with Crippen LogP contribution in [0.1, 0.15) is 5.56 Å². The Morgan fingerprint density at radius 1 is 1.05 bits per heavy atom. The van der Waals surface area contributed by atoms with Gasteiger partial charge in [-0.1, -0.05) is 18.2 Å². The van der Waals surface area contributed by atoms with Gasteiger partial charge in [0.05, 0.1) is 13.3 Å². The zero-order chi connectivity index (χ0) is 14.4. The van der Waals surface area contributed by atoms with E-state index in [0.717, 1.165) is 33.6 Å². The topological polar surface area (TPSA) is 26.8 Å². The van der Waals surface area contributed by atoms with Crippen LogP contribution in [0.15, 0.2) is 59.3 Å². The number of methoxy groups -OCH3 is 1. The Labute approximate surface area is 122 Å². The minimum absolute atomic E-state index is 0.841. The summed E-state index contributed by atoms with van der Waals surface area (Å²) in [5.41, 5.74) is 4.39. The molecule has 1 aromatic carbocycles. The van der Waals surface area contributed by atoms with Crippen LogP contribution >= 0.6 is 0 Å². The molecule has 0 fully saturated rings. The molecule has 0 bridgehead atoms. The van der Waals surface area contributed by atoms with Crippen LogP contribution in [0, 0.1) is 6.92 Å². The molecule has 0 aliphatic carbocycles. The SMILES string of the molecule is COc1ccc2c(C)c(-c3cc4ccccc4o3)cn2c1. The molecule has 4 rings (SSSR count). The van der Waals surface area contributed by atoms with Gasteiger partial charge >= 0.3 is 0 Å². The van der Waals surface area contributed by atoms with Crippen LogP contribution in [0.5, 0.6) is 5.75 Å². The van der Waals surface area contributed by atoms with Gasteiger partial charge in [0.2, 0.25) is 0 Å². The Morgan fingerprint density at radius 3 is 2.71 bits per heavy atom. The lowest BCUT2D eigenvalue weighted by Gasteiger charge is -2.00. The smallest absolute Gasteiger partial charge is 0.137 e. The lowest BCUT2D eigenvalue weighted by Crippen LogP contribution is -1.86. The van der Waals surface area contributed by atoms with Crippen LogP contribution in [-0.2, 0) is 0 Å². The van der Waals surface area contributed by atoms with E-state index in [9.17, 15) is 0 Å². The summed E-state index contributed by atoms with van der Waals surface area (Å²) in [5, 5.41) is 1.12. The van der Waals surface area contributed by atoms with Crippen LogP contribution in [0.3, 0.4) is 0 Å². The monoisotopic (exact) mass is 277 g/mol. The van der Waals surface area contributed by atoms with E-state index < -0.39 is 0 Å². The predicted molar refractivity (Wildman–Crippen MR) is 83.9 cm³/mol. The Morgan fingerprint density at radius 2 is 1.90 bits per heavy atom. The molecule has 0 spiro atoms. The molecule has 3 nitrogen and oxygen atoms in total. The zero-order valence-corrected chi connectivity index (χ0v) is 12.0. The third-order valence-corrected chi connectivity index (χ3v) is 3.93. The molecule has 0 aliphatic rings. The number of aromatic nitrogens is 1. The van der Waals surface area contributed by atoms with Crippen molar-refractivity contribution in [3.05, 3.63) is 60.4 Å². The molecule has 3 heteroatoms. The normalized spacial score (nSPS) is 11.3. The second kappa shape index (κ2) is 4.42. The minimum atomic E-state index is 0.841. The number of pyridine rings is 1. The standard InChI is InChI=1S/C18H15NO2/c1-12-15(11-19-10-14(20-2)7-8-16(12)19)18-9-13-5-3-4-6-17(13)21-18/h3-11H,1-2H3. The number of benzene rings is 1. The number of ether oxygens (including phenoxy) is 1. The Bertz CT molecular complexity index is 913. The van der Waals surface area contributed by atoms with Gasteiger partial charge in [0.25, 0.3) is 0 Å². The van der Waals surface area contributed by atoms with Crippen molar-refractivity contribution in [2.75, 3.05) is 7.11 Å². The number of aryl methyl sites for hydroxylation is 1. The molecule has 4 aromatic rings. The molecule has 21 heavy (non-hydrogen) atoms. The molecule has 0 atom stereocenters. The molecular weight excluding hydrogens is 262 g/mol. The Hall–Kier alpha value is -2.68. The first-order chi connectivity index (χ1) is 10.3. The zero-order valence-electron chi connectivity index (χ0n) is 12.0. The van der Waals surface area contributed by atoms with Crippen molar-refractivity contribution >= 4 is 16.5 Å². The van der Waals surface area contributed by atoms with Gasteiger partial charge in [0, 0.05) is 22.7 Å². The molecule has 0 N–H and O–H groups in total. The van der Waals surface area contributed by atoms with Crippen molar-refractivity contribution < 1.29 is 9.15 Å². The highest BCUT2D eigenvalue weighted by molar-refractivity contribution is 5.85. The maximum atomic E-state index is 5.98. The molecule has 0 amide bonds. The van der Waals surface area contributed by atoms with Gasteiger partial charge in [0.1, 0.15) is 17.1 Å². The van der Waals surface area contributed by atoms with Crippen LogP contribution in [0.2, 0.25) is 0 Å². The van der Waals surface area contributed by atoms with Gasteiger partial charge in [-0.05, 0) is 36.8 Å². The molecule has 0 aliphatic heterocycles. The van der Waals surface area contributed by atoms with E-state index in [1.165, 1.54) is 5.56 Å². The number of fused-ring (bicyclic) bond motifs is 2. The maximum Gasteiger partial charge on any atom is 0.137 e. The van der Waals surface area contributed by atoms with E-state index in [0.29, 0.717) is 0 Å². The fourth-order valence-corrected chi connectivity index (χ4v) is 2.78. The summed E-state index contributed by atoms with van der Waals surface area (Å²) in [6.45, 7) is 2.12. The first-order valence-electron chi connectivity index (χ1n) is 6.90. The predicted octanol–water partition coefficient (Wildman–Crippen LogP) is 4.67. The van der Waals surface area contributed by atoms with Gasteiger partial charge in [-0.2, -0.15) is 0 Å². The van der Waals surface area contributed by atoms with Crippen LogP contribution in [0.4, 0.5) is 0 Å². The van der Waals surface area contributed by atoms with Crippen LogP contribution in [-0.4, -0.2) is 11.5 Å². The number of nitrogens with zero attached hydrogens (tertiary/aromatic N) is 1. The van der Waals surface area contributed by atoms with Crippen molar-refractivity contribution in [3.63, 3.8) is 0 Å². The summed E-state index contributed by atoms with van der Waals surface area (Å²) >= 11 is 0. The maximum absolute atomic E-state index is 5.98. The van der Waals surface area contributed by atoms with Gasteiger partial charge in [-0.3, -0.25) is 0 Å². The quantitative estimate of drug-likeness (QED) is 0.532. The van der Waals surface area contributed by atoms with Gasteiger partial charge in [-0.25, -0.2) is 0 Å². The van der Waals surface area contributed by atoms with Crippen LogP contribution < -0.4 is 4.74 Å². The average Bonchev–Trinajstić information content (AvgIpc) is 3.08. The summed E-state index contributed by atoms with van der Waals surface area (Å²) in [7, 11) is 1.68. The van der Waals surface area contributed by atoms with Crippen molar-refractivity contribution in [1.82, 2.24) is 4.40 Å². The fraction of sp³-hybridized carbons (Fsp3) is 0.111. The molecule has 0 saturated carbocycles. The second-order valence-electron chi connectivity index (χ2n) is 5.18. The molecule has 104 valence electrons. The van der Waals surface area contributed by atoms with Gasteiger partial charge in [0.15, 0.2) is 0 Å². The molecule has 0 radical (unpaired) electrons. The molecule has 0 unspecified atom stereocenters. The van der Waals surface area contributed by atoms with E-state index in [1.54, 1.807) is 7.11 Å². The summed E-state index contributed by atoms with van der Waals surface area (Å²) in [6, 6.07) is 14.2. The number of furan rings is 1. The first-order valence-corrected chi connectivity index (χ1v) is 6.90. The van der Waals surface area contributed by atoms with E-state index in [4.69, 9.17) is 9.15 Å². The number of para-hydroxylation sites is 1. The highest BCUT2D eigenvalue weighted by Gasteiger charge is 2.13. The van der Waals surface area contributed by atoms with E-state index in [-0.39, 0.29) is 0 Å². The highest BCUT2D eigenvalue weighted by Crippen LogP contribution is 2.33. The number of rotatable bonds is 2. The molecule has 3 aromatic heterocycles. The Balaban J connectivity index is 1.94. The lowest BCUT2D eigenvalue weighted by molar-refractivity contribution is 0.412. The fourth-order valence-electron chi connectivity index (χ4n) is 2.78. The van der Waals surface area contributed by atoms with E-state index in [2.05, 4.69) is 35.7 Å². The second-order valence-corrected chi connectivity index (χ2v) is 5.18. The molecular formula is C18H15NO2. The third kappa shape index (κ3) is 1.82. The largest absolute Gasteiger partial charge is 0.495 e. The van der Waals surface area contributed by atoms with Crippen molar-refractivity contribution in [2.45, 2.75) is 6.92 Å². The summed E-state index contributed by atoms with van der Waals surface area (Å²) < 4.78 is 13.3. The van der Waals surface area contributed by atoms with E-state index >= 15 is 0 Å². The summed E-state index contributed by atoms with van der Waals surface area (Å²) in [5.74, 6) is 1.74. The van der Waals surface area contributed by atoms with Gasteiger partial charge in [-0.15, -0.1) is 0 Å². The summed E-state index contributed by atoms with van der Waals surface area (Å²) in [6.07, 6.45) is 4.07. The van der Waals surface area contributed by atoms with Crippen molar-refractivity contribution in [2.24, 2.45) is 0 Å². The van der Waals surface area contributed by atoms with Crippen molar-refractivity contribution in [1.29, 1.82) is 0 Å². The minimum Gasteiger partial charge on any atom is -0.495 e. The highest BCUT2D eigenvalue weighted by atomic mass is 16.5. The van der Waals surface area contributed by atoms with E-state index in [1.807, 2.05) is 30.5 Å². The third-order valence-electron chi connectivity index (χ3n) is 3.93. The summed E-state index contributed by atoms with van der Waals surface area (Å²) in [4.78, 5) is 0.